The van der Waals surface area contributed by atoms with E-state index in [9.17, 15) is 14.4 Å². The summed E-state index contributed by atoms with van der Waals surface area (Å²) in [5, 5.41) is 8.51. The molecular weight excluding hydrogens is 534 g/mol. The van der Waals surface area contributed by atoms with Gasteiger partial charge in [-0.1, -0.05) is 24.3 Å². The number of aliphatic carboxylic acids is 1. The maximum absolute atomic E-state index is 12.7. The van der Waals surface area contributed by atoms with Gasteiger partial charge in [0.05, 0.1) is 77.7 Å². The van der Waals surface area contributed by atoms with Crippen molar-refractivity contribution in [1.29, 1.82) is 0 Å². The summed E-state index contributed by atoms with van der Waals surface area (Å²) < 4.78 is 21.7. The molecule has 2 aliphatic heterocycles. The summed E-state index contributed by atoms with van der Waals surface area (Å²) in [5.74, 6) is -1.36. The van der Waals surface area contributed by atoms with Gasteiger partial charge < -0.3 is 29.0 Å². The van der Waals surface area contributed by atoms with Crippen LogP contribution < -0.4 is 4.90 Å². The molecule has 0 radical (unpaired) electrons. The molecule has 0 bridgehead atoms. The van der Waals surface area contributed by atoms with Gasteiger partial charge >= 0.3 is 5.97 Å². The van der Waals surface area contributed by atoms with E-state index in [4.69, 9.17) is 24.1 Å². The summed E-state index contributed by atoms with van der Waals surface area (Å²) in [4.78, 5) is 50.5. The van der Waals surface area contributed by atoms with Crippen LogP contribution in [0.3, 0.4) is 0 Å². The summed E-state index contributed by atoms with van der Waals surface area (Å²) in [6, 6.07) is 0. The molecule has 3 aliphatic rings. The number of fused-ring (bicyclic) bond motifs is 1. The Balaban J connectivity index is 1.02. The number of carboxylic acids is 1. The Morgan fingerprint density at radius 1 is 0.780 bits per heavy atom. The Kier molecular flexibility index (Phi) is 12.2. The minimum absolute atomic E-state index is 0.00330. The zero-order chi connectivity index (χ0) is 28.9. The van der Waals surface area contributed by atoms with Gasteiger partial charge in [-0.25, -0.2) is 9.97 Å². The highest BCUT2D eigenvalue weighted by molar-refractivity contribution is 6.07. The lowest BCUT2D eigenvalue weighted by molar-refractivity contribution is -0.140. The number of ether oxygens (including phenoxy) is 4. The van der Waals surface area contributed by atoms with Crippen molar-refractivity contribution in [1.82, 2.24) is 19.8 Å². The largest absolute Gasteiger partial charge is 0.481 e. The number of anilines is 1. The van der Waals surface area contributed by atoms with Crippen molar-refractivity contribution < 1.29 is 38.4 Å². The average Bonchev–Trinajstić information content (AvgIpc) is 3.23. The Labute approximate surface area is 239 Å². The van der Waals surface area contributed by atoms with Gasteiger partial charge in [-0.05, 0) is 0 Å². The van der Waals surface area contributed by atoms with E-state index < -0.39 is 17.8 Å². The van der Waals surface area contributed by atoms with Crippen molar-refractivity contribution in [3.05, 3.63) is 42.3 Å². The number of hydrogen-bond donors (Lipinski definition) is 1. The molecule has 2 unspecified atom stereocenters. The SMILES string of the molecule is O=C(O)CCOCCOCCOCCOCCN1CCN(c2ncc(CN3C(=O)C4C=CC=CC4C3=O)cn2)CC1. The number of imide groups is 1. The first-order valence-electron chi connectivity index (χ1n) is 14.0. The van der Waals surface area contributed by atoms with Gasteiger partial charge in [0.25, 0.3) is 0 Å². The normalized spacial score (nSPS) is 20.7. The number of piperazine rings is 1. The molecule has 13 nitrogen and oxygen atoms in total. The summed E-state index contributed by atoms with van der Waals surface area (Å²) in [5.41, 5.74) is 0.730. The van der Waals surface area contributed by atoms with Gasteiger partial charge in [0, 0.05) is 50.7 Å². The Hall–Kier alpha value is -3.23. The number of carboxylic acid groups (broad SMARTS) is 1. The molecule has 3 heterocycles. The van der Waals surface area contributed by atoms with Crippen LogP contribution in [0.25, 0.3) is 0 Å². The molecule has 2 atom stereocenters. The molecule has 0 saturated carbocycles. The molecule has 2 fully saturated rings. The van der Waals surface area contributed by atoms with Crippen molar-refractivity contribution in [3.63, 3.8) is 0 Å². The van der Waals surface area contributed by atoms with Gasteiger partial charge in [-0.3, -0.25) is 24.2 Å². The average molecular weight is 574 g/mol. The number of carbonyl (C=O) groups excluding carboxylic acids is 2. The summed E-state index contributed by atoms with van der Waals surface area (Å²) in [6.45, 7) is 7.91. The van der Waals surface area contributed by atoms with E-state index in [2.05, 4.69) is 19.8 Å². The van der Waals surface area contributed by atoms with Crippen LogP contribution >= 0.6 is 0 Å². The van der Waals surface area contributed by atoms with Crippen molar-refractivity contribution in [3.8, 4) is 0 Å². The fourth-order valence-electron chi connectivity index (χ4n) is 4.77. The lowest BCUT2D eigenvalue weighted by atomic mass is 9.91. The van der Waals surface area contributed by atoms with Crippen molar-refractivity contribution in [2.24, 2.45) is 11.8 Å². The molecule has 1 N–H and O–H groups in total. The molecule has 2 amide bonds. The van der Waals surface area contributed by atoms with Gasteiger partial charge in [-0.15, -0.1) is 0 Å². The van der Waals surface area contributed by atoms with E-state index in [0.717, 1.165) is 38.3 Å². The molecule has 0 aromatic carbocycles. The number of rotatable bonds is 18. The first-order chi connectivity index (χ1) is 20.0. The Morgan fingerprint density at radius 2 is 1.29 bits per heavy atom. The van der Waals surface area contributed by atoms with Gasteiger partial charge in [0.1, 0.15) is 0 Å². The second-order valence-corrected chi connectivity index (χ2v) is 9.90. The quantitative estimate of drug-likeness (QED) is 0.191. The topological polar surface area (TPSA) is 144 Å². The fourth-order valence-corrected chi connectivity index (χ4v) is 4.77. The Bertz CT molecular complexity index is 1030. The summed E-state index contributed by atoms with van der Waals surface area (Å²) >= 11 is 0. The highest BCUT2D eigenvalue weighted by Gasteiger charge is 2.45. The predicted octanol–water partition coefficient (Wildman–Crippen LogP) is 0.367. The van der Waals surface area contributed by atoms with E-state index in [1.54, 1.807) is 24.5 Å². The van der Waals surface area contributed by atoms with Crippen LogP contribution in [0.2, 0.25) is 0 Å². The van der Waals surface area contributed by atoms with Crippen LogP contribution in [-0.4, -0.2) is 128 Å². The van der Waals surface area contributed by atoms with Crippen molar-refractivity contribution in [2.75, 3.05) is 90.5 Å². The smallest absolute Gasteiger partial charge is 0.305 e. The van der Waals surface area contributed by atoms with Crippen molar-refractivity contribution >= 4 is 23.7 Å². The summed E-state index contributed by atoms with van der Waals surface area (Å²) in [6.07, 6.45) is 10.6. The minimum atomic E-state index is -0.874. The fraction of sp³-hybridized carbons (Fsp3) is 0.607. The van der Waals surface area contributed by atoms with Crippen LogP contribution in [0.4, 0.5) is 5.95 Å². The molecule has 0 spiro atoms. The molecule has 13 heteroatoms. The minimum Gasteiger partial charge on any atom is -0.481 e. The van der Waals surface area contributed by atoms with E-state index in [-0.39, 0.29) is 31.4 Å². The third-order valence-corrected chi connectivity index (χ3v) is 7.05. The first-order valence-corrected chi connectivity index (χ1v) is 14.0. The monoisotopic (exact) mass is 573 g/mol. The molecule has 224 valence electrons. The number of allylic oxidation sites excluding steroid dienone is 2. The Morgan fingerprint density at radius 3 is 1.83 bits per heavy atom. The number of carbonyl (C=O) groups is 3. The number of amides is 2. The van der Waals surface area contributed by atoms with Crippen molar-refractivity contribution in [2.45, 2.75) is 13.0 Å². The lowest BCUT2D eigenvalue weighted by Gasteiger charge is -2.34. The zero-order valence-corrected chi connectivity index (χ0v) is 23.3. The van der Waals surface area contributed by atoms with E-state index in [0.29, 0.717) is 52.2 Å². The van der Waals surface area contributed by atoms with Gasteiger partial charge in [-0.2, -0.15) is 0 Å². The standard InChI is InChI=1S/C28H39N5O8/c34-25(35)5-11-38-13-15-40-17-18-41-16-14-39-12-10-31-6-8-32(9-7-31)28-29-19-22(20-30-28)21-33-26(36)23-3-1-2-4-24(23)27(33)37/h1-4,19-20,23-24H,5-18,21H2,(H,34,35). The van der Waals surface area contributed by atoms with E-state index in [1.165, 1.54) is 4.90 Å². The second-order valence-electron chi connectivity index (χ2n) is 9.90. The molecular formula is C28H39N5O8. The summed E-state index contributed by atoms with van der Waals surface area (Å²) in [7, 11) is 0. The molecule has 2 saturated heterocycles. The highest BCUT2D eigenvalue weighted by Crippen LogP contribution is 2.32. The number of hydrogen-bond acceptors (Lipinski definition) is 11. The van der Waals surface area contributed by atoms with Crippen LogP contribution in [0.5, 0.6) is 0 Å². The number of likely N-dealkylation sites (tertiary alicyclic amines) is 1. The number of nitrogens with zero attached hydrogens (tertiary/aromatic N) is 5. The molecule has 4 rings (SSSR count). The van der Waals surface area contributed by atoms with Gasteiger partial charge in [0.2, 0.25) is 17.8 Å². The first kappa shape index (κ1) is 30.7. The third-order valence-electron chi connectivity index (χ3n) is 7.05. The van der Waals surface area contributed by atoms with Crippen LogP contribution in [0.15, 0.2) is 36.7 Å². The highest BCUT2D eigenvalue weighted by atomic mass is 16.6. The van der Waals surface area contributed by atoms with Gasteiger partial charge in [0.15, 0.2) is 0 Å². The number of aromatic nitrogens is 2. The molecule has 41 heavy (non-hydrogen) atoms. The van der Waals surface area contributed by atoms with E-state index in [1.807, 2.05) is 12.2 Å². The third kappa shape index (κ3) is 9.40. The maximum Gasteiger partial charge on any atom is 0.305 e. The lowest BCUT2D eigenvalue weighted by Crippen LogP contribution is -2.48. The van der Waals surface area contributed by atoms with Crippen LogP contribution in [0, 0.1) is 11.8 Å². The second kappa shape index (κ2) is 16.3. The zero-order valence-electron chi connectivity index (χ0n) is 23.3. The molecule has 1 aromatic heterocycles. The maximum atomic E-state index is 12.7. The van der Waals surface area contributed by atoms with Crippen LogP contribution in [0.1, 0.15) is 12.0 Å². The van der Waals surface area contributed by atoms with E-state index >= 15 is 0 Å². The predicted molar refractivity (Wildman–Crippen MR) is 147 cm³/mol. The molecule has 1 aliphatic carbocycles. The van der Waals surface area contributed by atoms with Crippen LogP contribution in [-0.2, 0) is 39.9 Å². The molecule has 1 aromatic rings.